The number of nitrogens with zero attached hydrogens (tertiary/aromatic N) is 3. The third kappa shape index (κ3) is 28.1. The molecule has 11 amide bonds. The van der Waals surface area contributed by atoms with Crippen LogP contribution in [0.4, 0.5) is 0 Å². The number of guanidine groups is 1. The van der Waals surface area contributed by atoms with Crippen molar-refractivity contribution in [1.82, 2.24) is 47.0 Å². The Balaban J connectivity index is 1.55. The first-order chi connectivity index (χ1) is 45.4. The lowest BCUT2D eigenvalue weighted by Crippen LogP contribution is -2.60. The molecule has 0 saturated carbocycles. The van der Waals surface area contributed by atoms with Crippen molar-refractivity contribution < 1.29 is 62.3 Å². The average molecular weight is 1370 g/mol. The monoisotopic (exact) mass is 1360 g/mol. The molecule has 2 heterocycles. The summed E-state index contributed by atoms with van der Waals surface area (Å²) in [5.74, 6) is -7.41. The van der Waals surface area contributed by atoms with Crippen LogP contribution in [-0.2, 0) is 75.1 Å². The molecule has 2 fully saturated rings. The van der Waals surface area contributed by atoms with Crippen molar-refractivity contribution in [3.63, 3.8) is 0 Å². The average Bonchev–Trinajstić information content (AvgIpc) is 1.76. The summed E-state index contributed by atoms with van der Waals surface area (Å²) in [7, 11) is 1.26. The van der Waals surface area contributed by atoms with E-state index in [0.29, 0.717) is 74.8 Å². The molecule has 29 nitrogen and oxygen atoms in total. The van der Waals surface area contributed by atoms with Gasteiger partial charge in [0.1, 0.15) is 48.3 Å². The Morgan fingerprint density at radius 2 is 1.07 bits per heavy atom. The zero-order chi connectivity index (χ0) is 70.0. The van der Waals surface area contributed by atoms with Crippen molar-refractivity contribution in [3.8, 4) is 0 Å². The van der Waals surface area contributed by atoms with Crippen LogP contribution >= 0.6 is 23.5 Å². The molecule has 95 heavy (non-hydrogen) atoms. The molecule has 2 saturated heterocycles. The number of thioether (sulfide) groups is 2. The minimum absolute atomic E-state index is 0.0133. The Morgan fingerprint density at radius 3 is 1.58 bits per heavy atom. The normalized spacial score (nSPS) is 16.9. The number of methoxy groups -OCH3 is 1. The number of carbonyl (C=O) groups excluding carboxylic acids is 12. The number of hydrogen-bond donors (Lipinski definition) is 13. The molecule has 0 radical (unpaired) electrons. The molecule has 0 aromatic heterocycles. The molecule has 31 heteroatoms. The summed E-state index contributed by atoms with van der Waals surface area (Å²) in [6.07, 6.45) is 4.03. The van der Waals surface area contributed by atoms with E-state index in [9.17, 15) is 57.5 Å². The van der Waals surface area contributed by atoms with E-state index in [-0.39, 0.29) is 88.2 Å². The van der Waals surface area contributed by atoms with Gasteiger partial charge in [0.05, 0.1) is 18.4 Å². The van der Waals surface area contributed by atoms with Crippen molar-refractivity contribution in [2.45, 2.75) is 183 Å². The van der Waals surface area contributed by atoms with Gasteiger partial charge in [-0.25, -0.2) is 4.79 Å². The van der Waals surface area contributed by atoms with Gasteiger partial charge in [-0.1, -0.05) is 74.5 Å². The number of nitrogens with one attached hydrogen (secondary N) is 7. The maximum Gasteiger partial charge on any atom is 0.328 e. The molecule has 4 rings (SSSR count). The van der Waals surface area contributed by atoms with Crippen LogP contribution < -0.4 is 71.6 Å². The van der Waals surface area contributed by atoms with E-state index in [1.165, 1.54) is 40.4 Å². The highest BCUT2D eigenvalue weighted by Crippen LogP contribution is 2.24. The molecule has 2 aliphatic rings. The Hall–Kier alpha value is -8.03. The lowest BCUT2D eigenvalue weighted by Gasteiger charge is -2.32. The number of unbranched alkanes of at least 4 members (excludes halogenated alkanes) is 1. The van der Waals surface area contributed by atoms with Crippen LogP contribution in [0.25, 0.3) is 0 Å². The number of aliphatic imine (C=N–C) groups is 1. The number of esters is 1. The third-order valence-corrected chi connectivity index (χ3v) is 18.0. The fourth-order valence-electron chi connectivity index (χ4n) is 11.1. The molecular weight excluding hydrogens is 1260 g/mol. The Morgan fingerprint density at radius 1 is 0.579 bits per heavy atom. The van der Waals surface area contributed by atoms with Crippen LogP contribution in [-0.4, -0.2) is 204 Å². The molecule has 2 aromatic rings. The number of nitrogens with two attached hydrogens (primary N) is 6. The fourth-order valence-corrected chi connectivity index (χ4v) is 12.8. The summed E-state index contributed by atoms with van der Waals surface area (Å²) in [5.41, 5.74) is 35.3. The number of carbonyl (C=O) groups is 12. The lowest BCUT2D eigenvalue weighted by molar-refractivity contribution is -0.145. The molecular formula is C64H100N16O13S2. The molecule has 0 aliphatic carbocycles. The number of likely N-dealkylation sites (tertiary alicyclic amines) is 2. The standard InChI is InChI=1S/C64H100N16O13S2/c1-39(2)36-51(60(89)76-46(28-34-94-4)63(92)93-3)95-35-31-71-54(83)47(37-40-16-7-5-8-17-40)77-57(86)48(38-41-18-9-6-10-19-41)78-56(85)43(24-26-52(67)81)73-55(84)44(25-27-53(68)82)74-58(87)50-23-15-33-80(50)62(91)45(21-11-12-29-65)75-59(88)49-22-14-32-79(49)61(90)42(66)20-13-30-72-64(69)70/h5-10,16-19,39,42-51H,11-15,20-38,65-66H2,1-4H3,(H2,67,81)(H2,68,82)(H,71,83)(H,73,84)(H,74,87)(H,75,88)(H,76,89)(H,77,86)(H,78,85)(H4,69,70,72)/t42-,43-,44-,45-,46-,47+,48+,49+,50+,51-/m0/s1. The van der Waals surface area contributed by atoms with Crippen LogP contribution in [0.15, 0.2) is 65.7 Å². The molecule has 10 atom stereocenters. The first-order valence-electron chi connectivity index (χ1n) is 32.4. The number of primary amides is 2. The van der Waals surface area contributed by atoms with Crippen molar-refractivity contribution in [3.05, 3.63) is 71.8 Å². The van der Waals surface area contributed by atoms with Gasteiger partial charge in [-0.05, 0) is 119 Å². The Bertz CT molecular complexity index is 2890. The van der Waals surface area contributed by atoms with Crippen molar-refractivity contribution in [2.24, 2.45) is 45.3 Å². The summed E-state index contributed by atoms with van der Waals surface area (Å²) in [5, 5.41) is 18.7. The number of benzene rings is 2. The van der Waals surface area contributed by atoms with Crippen molar-refractivity contribution >= 4 is 100 Å². The number of hydrogen-bond acceptors (Lipinski definition) is 18. The maximum absolute atomic E-state index is 14.7. The van der Waals surface area contributed by atoms with Gasteiger partial charge >= 0.3 is 5.97 Å². The second-order valence-electron chi connectivity index (χ2n) is 24.1. The largest absolute Gasteiger partial charge is 0.467 e. The maximum atomic E-state index is 14.7. The first kappa shape index (κ1) is 79.4. The summed E-state index contributed by atoms with van der Waals surface area (Å²) in [4.78, 5) is 172. The van der Waals surface area contributed by atoms with E-state index in [4.69, 9.17) is 39.1 Å². The van der Waals surface area contributed by atoms with Crippen molar-refractivity contribution in [1.29, 1.82) is 0 Å². The first-order valence-corrected chi connectivity index (χ1v) is 34.9. The zero-order valence-electron chi connectivity index (χ0n) is 55.0. The van der Waals surface area contributed by atoms with E-state index < -0.39 is 144 Å². The second kappa shape index (κ2) is 42.4. The molecule has 19 N–H and O–H groups in total. The van der Waals surface area contributed by atoms with Gasteiger partial charge in [-0.2, -0.15) is 11.8 Å². The highest BCUT2D eigenvalue weighted by atomic mass is 32.2. The van der Waals surface area contributed by atoms with Gasteiger partial charge in [0.2, 0.25) is 65.0 Å². The predicted molar refractivity (Wildman–Crippen MR) is 363 cm³/mol. The third-order valence-electron chi connectivity index (χ3n) is 16.1. The van der Waals surface area contributed by atoms with E-state index in [1.54, 1.807) is 60.7 Å². The molecule has 0 spiro atoms. The SMILES string of the molecule is COC(=O)[C@H](CCSC)NC(=O)[C@H](CC(C)C)SCCNC(=O)[C@@H](Cc1ccccc1)NC(=O)[C@@H](Cc1ccccc1)NC(=O)[C@H](CCC(N)=O)NC(=O)[C@H](CCC(N)=O)NC(=O)[C@H]1CCCN1C(=O)[C@H](CCCCN)NC(=O)[C@H]1CCCN1C(=O)[C@@H](N)CCCN=C(N)N. The smallest absolute Gasteiger partial charge is 0.328 e. The van der Waals surface area contributed by atoms with Crippen LogP contribution in [0.2, 0.25) is 0 Å². The van der Waals surface area contributed by atoms with Gasteiger partial charge in [0, 0.05) is 57.6 Å². The van der Waals surface area contributed by atoms with Crippen LogP contribution in [0.3, 0.4) is 0 Å². The second-order valence-corrected chi connectivity index (χ2v) is 26.4. The van der Waals surface area contributed by atoms with E-state index in [0.717, 1.165) is 0 Å². The fraction of sp³-hybridized carbons (Fsp3) is 0.609. The summed E-state index contributed by atoms with van der Waals surface area (Å²) in [6.45, 7) is 4.91. The quantitative estimate of drug-likeness (QED) is 0.0157. The van der Waals surface area contributed by atoms with E-state index in [2.05, 4.69) is 42.2 Å². The topological polar surface area (TPSA) is 473 Å². The molecule has 2 aromatic carbocycles. The number of ether oxygens (including phenoxy) is 1. The minimum atomic E-state index is -1.60. The molecule has 526 valence electrons. The van der Waals surface area contributed by atoms with Crippen LogP contribution in [0.1, 0.15) is 121 Å². The molecule has 0 bridgehead atoms. The predicted octanol–water partition coefficient (Wildman–Crippen LogP) is -1.41. The molecule has 2 aliphatic heterocycles. The van der Waals surface area contributed by atoms with Crippen molar-refractivity contribution in [2.75, 3.05) is 57.6 Å². The summed E-state index contributed by atoms with van der Waals surface area (Å²) < 4.78 is 4.94. The van der Waals surface area contributed by atoms with Crippen LogP contribution in [0, 0.1) is 5.92 Å². The van der Waals surface area contributed by atoms with Gasteiger partial charge in [-0.15, -0.1) is 11.8 Å². The van der Waals surface area contributed by atoms with Gasteiger partial charge in [-0.3, -0.25) is 57.7 Å². The highest BCUT2D eigenvalue weighted by Gasteiger charge is 2.42. The van der Waals surface area contributed by atoms with Gasteiger partial charge in [0.25, 0.3) is 0 Å². The molecule has 0 unspecified atom stereocenters. The lowest BCUT2D eigenvalue weighted by atomic mass is 10.0. The highest BCUT2D eigenvalue weighted by molar-refractivity contribution is 8.00. The minimum Gasteiger partial charge on any atom is -0.467 e. The summed E-state index contributed by atoms with van der Waals surface area (Å²) >= 11 is 2.83. The Kier molecular flexibility index (Phi) is 35.5. The van der Waals surface area contributed by atoms with Gasteiger partial charge in [0.15, 0.2) is 5.96 Å². The van der Waals surface area contributed by atoms with Crippen LogP contribution in [0.5, 0.6) is 0 Å². The Labute approximate surface area is 564 Å². The van der Waals surface area contributed by atoms with E-state index >= 15 is 0 Å². The number of rotatable bonds is 43. The van der Waals surface area contributed by atoms with E-state index in [1.807, 2.05) is 20.1 Å². The van der Waals surface area contributed by atoms with Gasteiger partial charge < -0.3 is 86.2 Å². The number of amides is 11. The summed E-state index contributed by atoms with van der Waals surface area (Å²) in [6, 6.07) is 6.68. The zero-order valence-corrected chi connectivity index (χ0v) is 56.7.